The van der Waals surface area contributed by atoms with Gasteiger partial charge in [-0.05, 0) is 43.2 Å². The van der Waals surface area contributed by atoms with Crippen LogP contribution < -0.4 is 10.2 Å². The Morgan fingerprint density at radius 3 is 2.35 bits per heavy atom. The van der Waals surface area contributed by atoms with E-state index in [1.54, 1.807) is 30.5 Å². The molecule has 0 bridgehead atoms. The fourth-order valence-electron chi connectivity index (χ4n) is 3.39. The van der Waals surface area contributed by atoms with E-state index in [1.165, 1.54) is 0 Å². The second-order valence-corrected chi connectivity index (χ2v) is 7.67. The highest BCUT2D eigenvalue weighted by molar-refractivity contribution is 5.94. The lowest BCUT2D eigenvalue weighted by molar-refractivity contribution is -0.176. The molecule has 2 heterocycles. The molecule has 2 atom stereocenters. The van der Waals surface area contributed by atoms with Gasteiger partial charge in [-0.3, -0.25) is 4.79 Å². The first kappa shape index (κ1) is 23.0. The zero-order chi connectivity index (χ0) is 22.4. The molecule has 2 unspecified atom stereocenters. The zero-order valence-corrected chi connectivity index (χ0v) is 17.5. The van der Waals surface area contributed by atoms with Crippen molar-refractivity contribution in [3.8, 4) is 0 Å². The second-order valence-electron chi connectivity index (χ2n) is 7.67. The van der Waals surface area contributed by atoms with E-state index in [4.69, 9.17) is 4.74 Å². The summed E-state index contributed by atoms with van der Waals surface area (Å²) >= 11 is 0. The van der Waals surface area contributed by atoms with Gasteiger partial charge in [0.1, 0.15) is 12.4 Å². The molecule has 3 rings (SSSR count). The van der Waals surface area contributed by atoms with Crippen LogP contribution in [0.4, 0.5) is 19.0 Å². The SMILES string of the molecule is CC1CN(c2ccc(CNC(=O)c3ccc(COCC(F)(F)F)cc3)cn2)CC(C)O1. The predicted octanol–water partition coefficient (Wildman–Crippen LogP) is 3.70. The Balaban J connectivity index is 1.48. The number of pyridine rings is 1. The lowest BCUT2D eigenvalue weighted by Crippen LogP contribution is -2.45. The van der Waals surface area contributed by atoms with Gasteiger partial charge >= 0.3 is 6.18 Å². The number of carbonyl (C=O) groups excluding carboxylic acids is 1. The second kappa shape index (κ2) is 10.1. The number of hydrogen-bond acceptors (Lipinski definition) is 5. The highest BCUT2D eigenvalue weighted by Crippen LogP contribution is 2.19. The van der Waals surface area contributed by atoms with Crippen molar-refractivity contribution in [1.29, 1.82) is 0 Å². The van der Waals surface area contributed by atoms with E-state index in [-0.39, 0.29) is 24.7 Å². The predicted molar refractivity (Wildman–Crippen MR) is 110 cm³/mol. The molecule has 31 heavy (non-hydrogen) atoms. The molecule has 9 heteroatoms. The summed E-state index contributed by atoms with van der Waals surface area (Å²) in [6, 6.07) is 10.1. The fourth-order valence-corrected chi connectivity index (χ4v) is 3.39. The van der Waals surface area contributed by atoms with Crippen molar-refractivity contribution in [3.63, 3.8) is 0 Å². The number of hydrogen-bond donors (Lipinski definition) is 1. The van der Waals surface area contributed by atoms with Crippen LogP contribution in [0.5, 0.6) is 0 Å². The number of amides is 1. The Bertz CT molecular complexity index is 847. The number of ether oxygens (including phenoxy) is 2. The van der Waals surface area contributed by atoms with Gasteiger partial charge in [-0.25, -0.2) is 4.98 Å². The molecule has 168 valence electrons. The zero-order valence-electron chi connectivity index (χ0n) is 17.5. The molecular formula is C22H26F3N3O3. The minimum Gasteiger partial charge on any atom is -0.372 e. The van der Waals surface area contributed by atoms with Gasteiger partial charge in [0.25, 0.3) is 5.91 Å². The molecule has 0 aliphatic carbocycles. The van der Waals surface area contributed by atoms with Gasteiger partial charge in [-0.2, -0.15) is 13.2 Å². The molecule has 1 aliphatic rings. The summed E-state index contributed by atoms with van der Waals surface area (Å²) in [6.45, 7) is 4.49. The number of alkyl halides is 3. The summed E-state index contributed by atoms with van der Waals surface area (Å²) in [5.41, 5.74) is 1.84. The monoisotopic (exact) mass is 437 g/mol. The van der Waals surface area contributed by atoms with Gasteiger partial charge in [0.15, 0.2) is 0 Å². The number of carbonyl (C=O) groups is 1. The molecule has 1 aromatic heterocycles. The third-order valence-corrected chi connectivity index (χ3v) is 4.76. The van der Waals surface area contributed by atoms with Gasteiger partial charge < -0.3 is 19.7 Å². The summed E-state index contributed by atoms with van der Waals surface area (Å²) in [5, 5.41) is 2.82. The van der Waals surface area contributed by atoms with Crippen molar-refractivity contribution < 1.29 is 27.4 Å². The third-order valence-electron chi connectivity index (χ3n) is 4.76. The molecule has 1 fully saturated rings. The average Bonchev–Trinajstić information content (AvgIpc) is 2.71. The number of nitrogens with one attached hydrogen (secondary N) is 1. The van der Waals surface area contributed by atoms with E-state index in [9.17, 15) is 18.0 Å². The van der Waals surface area contributed by atoms with Crippen molar-refractivity contribution >= 4 is 11.7 Å². The summed E-state index contributed by atoms with van der Waals surface area (Å²) in [4.78, 5) is 19.0. The van der Waals surface area contributed by atoms with Crippen LogP contribution in [-0.4, -0.2) is 49.0 Å². The number of halogens is 3. The van der Waals surface area contributed by atoms with Crippen molar-refractivity contribution in [2.75, 3.05) is 24.6 Å². The fraction of sp³-hybridized carbons (Fsp3) is 0.455. The van der Waals surface area contributed by atoms with E-state index in [2.05, 4.69) is 19.9 Å². The Labute approximate surface area is 179 Å². The molecule has 1 aromatic carbocycles. The maximum Gasteiger partial charge on any atom is 0.411 e. The van der Waals surface area contributed by atoms with Crippen LogP contribution in [0.15, 0.2) is 42.6 Å². The molecule has 0 saturated carbocycles. The maximum absolute atomic E-state index is 12.3. The summed E-state index contributed by atoms with van der Waals surface area (Å²) in [5.74, 6) is 0.600. The van der Waals surface area contributed by atoms with Gasteiger partial charge in [0.2, 0.25) is 0 Å². The molecule has 0 spiro atoms. The number of aromatic nitrogens is 1. The van der Waals surface area contributed by atoms with Crippen molar-refractivity contribution in [1.82, 2.24) is 10.3 Å². The summed E-state index contributed by atoms with van der Waals surface area (Å²) < 4.78 is 46.7. The van der Waals surface area contributed by atoms with Gasteiger partial charge in [-0.15, -0.1) is 0 Å². The quantitative estimate of drug-likeness (QED) is 0.716. The average molecular weight is 437 g/mol. The Morgan fingerprint density at radius 1 is 1.13 bits per heavy atom. The minimum atomic E-state index is -4.36. The van der Waals surface area contributed by atoms with Crippen molar-refractivity contribution in [2.45, 2.75) is 45.4 Å². The largest absolute Gasteiger partial charge is 0.411 e. The van der Waals surface area contributed by atoms with Crippen LogP contribution in [0, 0.1) is 0 Å². The van der Waals surface area contributed by atoms with Crippen LogP contribution in [0.1, 0.15) is 35.3 Å². The van der Waals surface area contributed by atoms with Crippen LogP contribution >= 0.6 is 0 Å². The first-order chi connectivity index (χ1) is 14.7. The molecule has 1 amide bonds. The Morgan fingerprint density at radius 2 is 1.77 bits per heavy atom. The van der Waals surface area contributed by atoms with Crippen LogP contribution in [0.25, 0.3) is 0 Å². The highest BCUT2D eigenvalue weighted by Gasteiger charge is 2.27. The van der Waals surface area contributed by atoms with E-state index in [0.29, 0.717) is 17.7 Å². The number of nitrogens with zero attached hydrogens (tertiary/aromatic N) is 2. The summed E-state index contributed by atoms with van der Waals surface area (Å²) in [7, 11) is 0. The van der Waals surface area contributed by atoms with E-state index in [1.807, 2.05) is 26.0 Å². The maximum atomic E-state index is 12.3. The van der Waals surface area contributed by atoms with Gasteiger partial charge in [0, 0.05) is 31.4 Å². The Hall–Kier alpha value is -2.65. The van der Waals surface area contributed by atoms with E-state index >= 15 is 0 Å². The molecule has 1 aliphatic heterocycles. The minimum absolute atomic E-state index is 0.145. The number of anilines is 1. The van der Waals surface area contributed by atoms with Gasteiger partial charge in [-0.1, -0.05) is 18.2 Å². The molecule has 2 aromatic rings. The molecule has 1 saturated heterocycles. The summed E-state index contributed by atoms with van der Waals surface area (Å²) in [6.07, 6.45) is -2.33. The molecular weight excluding hydrogens is 411 g/mol. The normalized spacial score (nSPS) is 19.3. The van der Waals surface area contributed by atoms with E-state index < -0.39 is 12.8 Å². The van der Waals surface area contributed by atoms with E-state index in [0.717, 1.165) is 24.5 Å². The first-order valence-corrected chi connectivity index (χ1v) is 10.1. The van der Waals surface area contributed by atoms with Crippen molar-refractivity contribution in [2.24, 2.45) is 0 Å². The molecule has 0 radical (unpaired) electrons. The van der Waals surface area contributed by atoms with Crippen LogP contribution in [0.2, 0.25) is 0 Å². The van der Waals surface area contributed by atoms with Gasteiger partial charge in [0.05, 0.1) is 18.8 Å². The topological polar surface area (TPSA) is 63.7 Å². The highest BCUT2D eigenvalue weighted by atomic mass is 19.4. The number of rotatable bonds is 7. The molecule has 6 nitrogen and oxygen atoms in total. The van der Waals surface area contributed by atoms with Crippen LogP contribution in [0.3, 0.4) is 0 Å². The number of morpholine rings is 1. The smallest absolute Gasteiger partial charge is 0.372 e. The third kappa shape index (κ3) is 7.22. The standard InChI is InChI=1S/C22H26F3N3O3/c1-15-11-28(12-16(2)31-15)20-8-5-18(9-26-20)10-27-21(29)19-6-3-17(4-7-19)13-30-14-22(23,24)25/h3-9,15-16H,10-14H2,1-2H3,(H,27,29). The number of benzene rings is 1. The lowest BCUT2D eigenvalue weighted by atomic mass is 10.1. The molecule has 1 N–H and O–H groups in total. The Kier molecular flexibility index (Phi) is 7.50. The van der Waals surface area contributed by atoms with Crippen molar-refractivity contribution in [3.05, 3.63) is 59.3 Å². The lowest BCUT2D eigenvalue weighted by Gasteiger charge is -2.36. The van der Waals surface area contributed by atoms with Crippen LogP contribution in [-0.2, 0) is 22.6 Å². The first-order valence-electron chi connectivity index (χ1n) is 10.1.